The van der Waals surface area contributed by atoms with Crippen LogP contribution >= 0.6 is 27.3 Å². The van der Waals surface area contributed by atoms with Gasteiger partial charge in [-0.05, 0) is 30.7 Å². The van der Waals surface area contributed by atoms with Gasteiger partial charge in [0, 0.05) is 21.5 Å². The third kappa shape index (κ3) is 2.22. The first-order valence-corrected chi connectivity index (χ1v) is 8.39. The monoisotopic (exact) mass is 314 g/mol. The summed E-state index contributed by atoms with van der Waals surface area (Å²) in [6.45, 7) is 0.895. The molecule has 94 valence electrons. The van der Waals surface area contributed by atoms with Crippen molar-refractivity contribution in [1.82, 2.24) is 0 Å². The Morgan fingerprint density at radius 2 is 2.24 bits per heavy atom. The van der Waals surface area contributed by atoms with Crippen molar-refractivity contribution in [1.29, 1.82) is 0 Å². The van der Waals surface area contributed by atoms with Gasteiger partial charge < -0.3 is 4.74 Å². The van der Waals surface area contributed by atoms with Gasteiger partial charge in [0.25, 0.3) is 0 Å². The third-order valence-electron chi connectivity index (χ3n) is 4.47. The maximum absolute atomic E-state index is 6.14. The summed E-state index contributed by atoms with van der Waals surface area (Å²) in [5.74, 6) is 0. The lowest BCUT2D eigenvalue weighted by Gasteiger charge is -2.51. The molecule has 2 fully saturated rings. The predicted octanol–water partition coefficient (Wildman–Crippen LogP) is 4.40. The number of hydrogen-bond acceptors (Lipinski definition) is 2. The van der Waals surface area contributed by atoms with E-state index in [1.165, 1.54) is 37.0 Å². The van der Waals surface area contributed by atoms with Gasteiger partial charge in [-0.15, -0.1) is 11.3 Å². The molecule has 3 rings (SSSR count). The molecule has 1 heterocycles. The summed E-state index contributed by atoms with van der Waals surface area (Å²) in [6, 6.07) is 4.32. The first kappa shape index (κ1) is 12.2. The second-order valence-corrected chi connectivity index (χ2v) is 7.47. The fourth-order valence-corrected chi connectivity index (χ4v) is 5.14. The molecule has 1 spiro atoms. The van der Waals surface area contributed by atoms with E-state index in [2.05, 4.69) is 33.4 Å². The largest absolute Gasteiger partial charge is 0.377 e. The molecular weight excluding hydrogens is 296 g/mol. The Kier molecular flexibility index (Phi) is 3.60. The molecule has 2 saturated carbocycles. The topological polar surface area (TPSA) is 9.23 Å². The second-order valence-electron chi connectivity index (χ2n) is 5.33. The van der Waals surface area contributed by atoms with Gasteiger partial charge >= 0.3 is 0 Å². The van der Waals surface area contributed by atoms with Gasteiger partial charge in [0.1, 0.15) is 0 Å². The lowest BCUT2D eigenvalue weighted by Crippen LogP contribution is -2.54. The molecule has 0 aromatic carbocycles. The summed E-state index contributed by atoms with van der Waals surface area (Å²) >= 11 is 5.67. The number of rotatable bonds is 4. The summed E-state index contributed by atoms with van der Waals surface area (Å²) < 4.78 is 6.14. The van der Waals surface area contributed by atoms with E-state index in [9.17, 15) is 0 Å². The van der Waals surface area contributed by atoms with E-state index in [-0.39, 0.29) is 0 Å². The van der Waals surface area contributed by atoms with Crippen LogP contribution in [0.25, 0.3) is 0 Å². The van der Waals surface area contributed by atoms with Crippen LogP contribution in [0, 0.1) is 5.41 Å². The molecular formula is C14H19BrOS. The highest BCUT2D eigenvalue weighted by atomic mass is 79.9. The maximum Gasteiger partial charge on any atom is 0.0653 e. The van der Waals surface area contributed by atoms with E-state index in [1.807, 2.05) is 11.3 Å². The van der Waals surface area contributed by atoms with Crippen molar-refractivity contribution in [2.24, 2.45) is 5.41 Å². The number of alkyl halides is 1. The summed E-state index contributed by atoms with van der Waals surface area (Å²) in [6.07, 6.45) is 8.34. The average molecular weight is 315 g/mol. The number of halogens is 1. The zero-order chi connectivity index (χ0) is 11.7. The smallest absolute Gasteiger partial charge is 0.0653 e. The lowest BCUT2D eigenvalue weighted by molar-refractivity contribution is -0.0993. The van der Waals surface area contributed by atoms with Crippen LogP contribution in [0.2, 0.25) is 0 Å². The van der Waals surface area contributed by atoms with E-state index < -0.39 is 0 Å². The summed E-state index contributed by atoms with van der Waals surface area (Å²) in [5, 5.41) is 2.14. The first-order valence-electron chi connectivity index (χ1n) is 6.59. The Bertz CT molecular complexity index is 356. The summed E-state index contributed by atoms with van der Waals surface area (Å²) in [4.78, 5) is 2.16. The minimum Gasteiger partial charge on any atom is -0.377 e. The molecule has 2 unspecified atom stereocenters. The Labute approximate surface area is 116 Å². The fourth-order valence-electron chi connectivity index (χ4n) is 3.36. The molecule has 0 saturated heterocycles. The third-order valence-corrected chi connectivity index (χ3v) is 6.69. The van der Waals surface area contributed by atoms with Gasteiger partial charge in [-0.3, -0.25) is 0 Å². The van der Waals surface area contributed by atoms with Crippen molar-refractivity contribution in [3.63, 3.8) is 0 Å². The first-order chi connectivity index (χ1) is 8.31. The van der Waals surface area contributed by atoms with Crippen LogP contribution in [-0.4, -0.2) is 17.5 Å². The molecule has 0 N–H and O–H groups in total. The number of hydrogen-bond donors (Lipinski definition) is 0. The van der Waals surface area contributed by atoms with E-state index in [0.29, 0.717) is 16.3 Å². The molecule has 0 aliphatic heterocycles. The summed E-state index contributed by atoms with van der Waals surface area (Å²) in [7, 11) is 0. The molecule has 0 radical (unpaired) electrons. The number of thiophene rings is 1. The van der Waals surface area contributed by atoms with Crippen molar-refractivity contribution < 1.29 is 4.74 Å². The quantitative estimate of drug-likeness (QED) is 0.748. The molecule has 1 aromatic rings. The van der Waals surface area contributed by atoms with Gasteiger partial charge in [0.05, 0.1) is 12.7 Å². The zero-order valence-electron chi connectivity index (χ0n) is 10.0. The van der Waals surface area contributed by atoms with Crippen LogP contribution in [0.1, 0.15) is 37.0 Å². The molecule has 0 amide bonds. The molecule has 17 heavy (non-hydrogen) atoms. The average Bonchev–Trinajstić information content (AvgIpc) is 3.00. The molecule has 3 heteroatoms. The van der Waals surface area contributed by atoms with Crippen molar-refractivity contribution in [2.75, 3.05) is 6.61 Å². The lowest BCUT2D eigenvalue weighted by atomic mass is 9.64. The standard InChI is InChI=1S/C14H19BrOS/c15-12-10-13(14(12)6-1-2-7-14)16-8-5-11-4-3-9-17-11/h3-4,9,12-13H,1-2,5-8,10H2. The Morgan fingerprint density at radius 3 is 2.88 bits per heavy atom. The van der Waals surface area contributed by atoms with Crippen molar-refractivity contribution in [3.8, 4) is 0 Å². The molecule has 1 aromatic heterocycles. The van der Waals surface area contributed by atoms with Crippen LogP contribution in [0.3, 0.4) is 0 Å². The Hall–Kier alpha value is 0.140. The molecule has 2 atom stereocenters. The van der Waals surface area contributed by atoms with E-state index in [0.717, 1.165) is 13.0 Å². The Morgan fingerprint density at radius 1 is 1.41 bits per heavy atom. The molecule has 2 aliphatic rings. The van der Waals surface area contributed by atoms with Crippen molar-refractivity contribution in [2.45, 2.75) is 49.5 Å². The highest BCUT2D eigenvalue weighted by Crippen LogP contribution is 2.57. The van der Waals surface area contributed by atoms with Crippen LogP contribution < -0.4 is 0 Å². The highest BCUT2D eigenvalue weighted by Gasteiger charge is 2.55. The van der Waals surface area contributed by atoms with Crippen molar-refractivity contribution in [3.05, 3.63) is 22.4 Å². The van der Waals surface area contributed by atoms with Crippen LogP contribution in [0.5, 0.6) is 0 Å². The van der Waals surface area contributed by atoms with Gasteiger partial charge in [-0.2, -0.15) is 0 Å². The maximum atomic E-state index is 6.14. The summed E-state index contributed by atoms with van der Waals surface area (Å²) in [5.41, 5.74) is 0.495. The van der Waals surface area contributed by atoms with Gasteiger partial charge in [-0.1, -0.05) is 34.8 Å². The van der Waals surface area contributed by atoms with E-state index in [1.54, 1.807) is 0 Å². The second kappa shape index (κ2) is 5.02. The minimum absolute atomic E-state index is 0.495. The van der Waals surface area contributed by atoms with Crippen LogP contribution in [0.4, 0.5) is 0 Å². The zero-order valence-corrected chi connectivity index (χ0v) is 12.4. The highest BCUT2D eigenvalue weighted by molar-refractivity contribution is 9.09. The van der Waals surface area contributed by atoms with Crippen molar-refractivity contribution >= 4 is 27.3 Å². The van der Waals surface area contributed by atoms with Gasteiger partial charge in [0.2, 0.25) is 0 Å². The van der Waals surface area contributed by atoms with Crippen LogP contribution in [-0.2, 0) is 11.2 Å². The van der Waals surface area contributed by atoms with Crippen LogP contribution in [0.15, 0.2) is 17.5 Å². The van der Waals surface area contributed by atoms with Gasteiger partial charge in [-0.25, -0.2) is 0 Å². The Balaban J connectivity index is 1.49. The fraction of sp³-hybridized carbons (Fsp3) is 0.714. The SMILES string of the molecule is BrC1CC(OCCc2cccs2)C12CCCC2. The predicted molar refractivity (Wildman–Crippen MR) is 76.0 cm³/mol. The molecule has 0 bridgehead atoms. The van der Waals surface area contributed by atoms with Gasteiger partial charge in [0.15, 0.2) is 0 Å². The normalized spacial score (nSPS) is 30.6. The van der Waals surface area contributed by atoms with E-state index in [4.69, 9.17) is 4.74 Å². The molecule has 2 aliphatic carbocycles. The minimum atomic E-state index is 0.495. The molecule has 1 nitrogen and oxygen atoms in total. The van der Waals surface area contributed by atoms with E-state index >= 15 is 0 Å². The number of ether oxygens (including phenoxy) is 1.